The lowest BCUT2D eigenvalue weighted by Gasteiger charge is -2.60. The van der Waals surface area contributed by atoms with Gasteiger partial charge in [0.2, 0.25) is 5.78 Å². The number of ketones is 2. The number of aliphatic hydroxyl groups is 5. The Morgan fingerprint density at radius 2 is 1.35 bits per heavy atom. The molecule has 0 aromatic heterocycles. The van der Waals surface area contributed by atoms with Crippen molar-refractivity contribution in [2.24, 2.45) is 5.92 Å². The zero-order valence-corrected chi connectivity index (χ0v) is 16.9. The molecule has 31 heavy (non-hydrogen) atoms. The SMILES string of the molecule is CC(=O)C(=O)[C@@](O)(Oc1ccccc1)[C@](O)(Oc1ccccc1)[C@@]1(O)C(C)C(O)[C@H]1O. The molecule has 1 aliphatic carbocycles. The van der Waals surface area contributed by atoms with E-state index in [9.17, 15) is 35.1 Å². The molecule has 0 saturated heterocycles. The minimum absolute atomic E-state index is 0.120. The number of aliphatic hydroxyl groups excluding tert-OH is 2. The molecule has 6 atom stereocenters. The van der Waals surface area contributed by atoms with Crippen molar-refractivity contribution in [3.8, 4) is 11.5 Å². The van der Waals surface area contributed by atoms with Crippen LogP contribution in [-0.2, 0) is 9.59 Å². The zero-order chi connectivity index (χ0) is 23.0. The van der Waals surface area contributed by atoms with Gasteiger partial charge in [0.1, 0.15) is 17.6 Å². The Morgan fingerprint density at radius 1 is 0.903 bits per heavy atom. The van der Waals surface area contributed by atoms with Gasteiger partial charge >= 0.3 is 11.6 Å². The molecular weight excluding hydrogens is 408 g/mol. The van der Waals surface area contributed by atoms with Crippen LogP contribution in [0.1, 0.15) is 13.8 Å². The fourth-order valence-electron chi connectivity index (χ4n) is 3.70. The van der Waals surface area contributed by atoms with Gasteiger partial charge in [0.05, 0.1) is 6.10 Å². The van der Waals surface area contributed by atoms with Crippen LogP contribution in [0.5, 0.6) is 11.5 Å². The molecule has 0 amide bonds. The van der Waals surface area contributed by atoms with Gasteiger partial charge in [-0.1, -0.05) is 43.3 Å². The van der Waals surface area contributed by atoms with Crippen LogP contribution in [0.15, 0.2) is 60.7 Å². The van der Waals surface area contributed by atoms with E-state index in [1.807, 2.05) is 0 Å². The van der Waals surface area contributed by atoms with Gasteiger partial charge in [-0.3, -0.25) is 9.59 Å². The average molecular weight is 432 g/mol. The highest BCUT2D eigenvalue weighted by Crippen LogP contribution is 2.51. The summed E-state index contributed by atoms with van der Waals surface area (Å²) in [5.74, 6) is -11.3. The Morgan fingerprint density at radius 3 is 1.77 bits per heavy atom. The van der Waals surface area contributed by atoms with E-state index in [-0.39, 0.29) is 11.5 Å². The molecule has 166 valence electrons. The van der Waals surface area contributed by atoms with Crippen molar-refractivity contribution in [2.45, 2.75) is 43.2 Å². The van der Waals surface area contributed by atoms with Crippen LogP contribution in [0, 0.1) is 5.92 Å². The second kappa shape index (κ2) is 8.03. The number of rotatable bonds is 8. The summed E-state index contributed by atoms with van der Waals surface area (Å²) in [6.45, 7) is 2.10. The maximum absolute atomic E-state index is 12.9. The third-order valence-corrected chi connectivity index (χ3v) is 5.63. The van der Waals surface area contributed by atoms with Crippen LogP contribution < -0.4 is 9.47 Å². The summed E-state index contributed by atoms with van der Waals surface area (Å²) in [6.07, 6.45) is -3.55. The highest BCUT2D eigenvalue weighted by Gasteiger charge is 2.80. The number of para-hydroxylation sites is 2. The van der Waals surface area contributed by atoms with E-state index in [4.69, 9.17) is 9.47 Å². The zero-order valence-electron chi connectivity index (χ0n) is 16.9. The third-order valence-electron chi connectivity index (χ3n) is 5.63. The lowest BCUT2D eigenvalue weighted by molar-refractivity contribution is -0.429. The van der Waals surface area contributed by atoms with E-state index >= 15 is 0 Å². The molecule has 0 spiro atoms. The molecule has 9 heteroatoms. The molecule has 2 unspecified atom stereocenters. The molecule has 1 saturated carbocycles. The van der Waals surface area contributed by atoms with Crippen LogP contribution >= 0.6 is 0 Å². The van der Waals surface area contributed by atoms with Crippen molar-refractivity contribution >= 4 is 11.6 Å². The topological polar surface area (TPSA) is 154 Å². The summed E-state index contributed by atoms with van der Waals surface area (Å²) in [7, 11) is 0. The lowest BCUT2D eigenvalue weighted by atomic mass is 9.58. The molecule has 1 aliphatic rings. The van der Waals surface area contributed by atoms with Crippen LogP contribution in [0.4, 0.5) is 0 Å². The van der Waals surface area contributed by atoms with Crippen LogP contribution in [0.3, 0.4) is 0 Å². The van der Waals surface area contributed by atoms with Gasteiger partial charge in [0.15, 0.2) is 5.60 Å². The molecule has 5 N–H and O–H groups in total. The third kappa shape index (κ3) is 3.40. The average Bonchev–Trinajstić information content (AvgIpc) is 2.77. The number of hydrogen-bond donors (Lipinski definition) is 5. The smallest absolute Gasteiger partial charge is 0.346 e. The first-order chi connectivity index (χ1) is 14.5. The summed E-state index contributed by atoms with van der Waals surface area (Å²) in [6, 6.07) is 14.6. The number of carbonyl (C=O) groups excluding carboxylic acids is 2. The first-order valence-corrected chi connectivity index (χ1v) is 9.55. The van der Waals surface area contributed by atoms with Crippen LogP contribution in [0.2, 0.25) is 0 Å². The molecule has 0 radical (unpaired) electrons. The van der Waals surface area contributed by atoms with Crippen molar-refractivity contribution in [2.75, 3.05) is 0 Å². The summed E-state index contributed by atoms with van der Waals surface area (Å²) in [5.41, 5.74) is -2.81. The standard InChI is InChI=1S/C22H24O9/c1-13-17(24)19(26)20(13,27)22(29,31-16-11-7-4-8-12-16)21(28,18(25)14(2)23)30-15-9-5-3-6-10-15/h3-13,17,19,24,26-29H,1-2H3/t13?,17?,19-,20-,21-,22-/m1/s1. The predicted octanol–water partition coefficient (Wildman–Crippen LogP) is -0.218. The van der Waals surface area contributed by atoms with Crippen molar-refractivity contribution < 1.29 is 44.6 Å². The second-order valence-electron chi connectivity index (χ2n) is 7.55. The Bertz CT molecular complexity index is 938. The van der Waals surface area contributed by atoms with E-state index in [1.54, 1.807) is 12.1 Å². The van der Waals surface area contributed by atoms with Gasteiger partial charge in [-0.15, -0.1) is 0 Å². The van der Waals surface area contributed by atoms with Gasteiger partial charge in [-0.2, -0.15) is 0 Å². The van der Waals surface area contributed by atoms with E-state index < -0.39 is 46.9 Å². The van der Waals surface area contributed by atoms with E-state index in [2.05, 4.69) is 0 Å². The molecular formula is C22H24O9. The molecule has 0 heterocycles. The number of Topliss-reactive ketones (excluding diaryl/α,β-unsaturated/α-hetero) is 2. The second-order valence-corrected chi connectivity index (χ2v) is 7.55. The Balaban J connectivity index is 2.22. The van der Waals surface area contributed by atoms with Gasteiger partial charge < -0.3 is 35.0 Å². The highest BCUT2D eigenvalue weighted by molar-refractivity contribution is 6.39. The van der Waals surface area contributed by atoms with Gasteiger partial charge in [0.25, 0.3) is 5.78 Å². The van der Waals surface area contributed by atoms with Crippen molar-refractivity contribution in [3.63, 3.8) is 0 Å². The Hall–Kier alpha value is -2.82. The minimum Gasteiger partial charge on any atom is -0.452 e. The fraction of sp³-hybridized carbons (Fsp3) is 0.364. The number of ether oxygens (including phenoxy) is 2. The van der Waals surface area contributed by atoms with Crippen LogP contribution in [-0.4, -0.2) is 66.5 Å². The molecule has 1 fully saturated rings. The Labute approximate surface area is 178 Å². The summed E-state index contributed by atoms with van der Waals surface area (Å²) in [4.78, 5) is 24.9. The summed E-state index contributed by atoms with van der Waals surface area (Å²) >= 11 is 0. The molecule has 9 nitrogen and oxygen atoms in total. The number of carbonyl (C=O) groups is 2. The maximum Gasteiger partial charge on any atom is 0.346 e. The Kier molecular flexibility index (Phi) is 5.92. The summed E-state index contributed by atoms with van der Waals surface area (Å²) < 4.78 is 10.9. The van der Waals surface area contributed by atoms with Crippen molar-refractivity contribution in [1.82, 2.24) is 0 Å². The maximum atomic E-state index is 12.9. The fourth-order valence-corrected chi connectivity index (χ4v) is 3.70. The van der Waals surface area contributed by atoms with Gasteiger partial charge in [0, 0.05) is 12.8 Å². The van der Waals surface area contributed by atoms with Crippen molar-refractivity contribution in [1.29, 1.82) is 0 Å². The van der Waals surface area contributed by atoms with Crippen LogP contribution in [0.25, 0.3) is 0 Å². The number of benzene rings is 2. The largest absolute Gasteiger partial charge is 0.452 e. The molecule has 0 bridgehead atoms. The normalized spacial score (nSPS) is 29.1. The van der Waals surface area contributed by atoms with E-state index in [0.717, 1.165) is 6.92 Å². The molecule has 2 aromatic carbocycles. The highest BCUT2D eigenvalue weighted by atomic mass is 16.7. The predicted molar refractivity (Wildman–Crippen MR) is 106 cm³/mol. The quantitative estimate of drug-likeness (QED) is 0.281. The first-order valence-electron chi connectivity index (χ1n) is 9.55. The van der Waals surface area contributed by atoms with Crippen molar-refractivity contribution in [3.05, 3.63) is 60.7 Å². The monoisotopic (exact) mass is 432 g/mol. The van der Waals surface area contributed by atoms with E-state index in [0.29, 0.717) is 0 Å². The first kappa shape index (κ1) is 22.9. The van der Waals surface area contributed by atoms with E-state index in [1.165, 1.54) is 55.5 Å². The number of hydrogen-bond acceptors (Lipinski definition) is 9. The molecule has 3 rings (SSSR count). The van der Waals surface area contributed by atoms with Gasteiger partial charge in [-0.25, -0.2) is 0 Å². The molecule has 2 aromatic rings. The molecule has 0 aliphatic heterocycles. The lowest BCUT2D eigenvalue weighted by Crippen LogP contribution is -2.87. The van der Waals surface area contributed by atoms with Gasteiger partial charge in [-0.05, 0) is 24.3 Å². The summed E-state index contributed by atoms with van der Waals surface area (Å²) in [5, 5.41) is 54.6. The minimum atomic E-state index is -3.50.